The average molecular weight is 325 g/mol. The zero-order chi connectivity index (χ0) is 16.5. The third-order valence-electron chi connectivity index (χ3n) is 4.79. The van der Waals surface area contributed by atoms with E-state index in [0.717, 1.165) is 31.8 Å². The van der Waals surface area contributed by atoms with Crippen molar-refractivity contribution in [3.8, 4) is 0 Å². The Morgan fingerprint density at radius 1 is 1.38 bits per heavy atom. The number of aromatic nitrogens is 4. The standard InChI is InChI=1S/C18H23N5O/c1-13-4-3-6-23-16(11-20-18(13)23)10-19-8-14-5-7-24-17(14)15-9-21-22(2)12-15/h3-4,6,9,11-12,14,17,19H,5,7-8,10H2,1-2H3. The van der Waals surface area contributed by atoms with Gasteiger partial charge in [0, 0.05) is 50.6 Å². The van der Waals surface area contributed by atoms with Crippen molar-refractivity contribution in [3.05, 3.63) is 53.7 Å². The number of fused-ring (bicyclic) bond motifs is 1. The van der Waals surface area contributed by atoms with E-state index >= 15 is 0 Å². The molecule has 6 nitrogen and oxygen atoms in total. The van der Waals surface area contributed by atoms with Crippen LogP contribution in [0.4, 0.5) is 0 Å². The van der Waals surface area contributed by atoms with Crippen LogP contribution in [-0.2, 0) is 18.3 Å². The molecule has 3 aromatic heterocycles. The summed E-state index contributed by atoms with van der Waals surface area (Å²) >= 11 is 0. The van der Waals surface area contributed by atoms with Crippen molar-refractivity contribution in [1.29, 1.82) is 0 Å². The summed E-state index contributed by atoms with van der Waals surface area (Å²) < 4.78 is 9.92. The Labute approximate surface area is 141 Å². The summed E-state index contributed by atoms with van der Waals surface area (Å²) in [5, 5.41) is 7.84. The molecule has 0 aliphatic carbocycles. The number of pyridine rings is 1. The van der Waals surface area contributed by atoms with Crippen LogP contribution in [0.25, 0.3) is 5.65 Å². The van der Waals surface area contributed by atoms with E-state index < -0.39 is 0 Å². The molecule has 0 radical (unpaired) electrons. The van der Waals surface area contributed by atoms with Crippen molar-refractivity contribution < 1.29 is 4.74 Å². The molecule has 1 aliphatic heterocycles. The molecular formula is C18H23N5O. The molecule has 0 spiro atoms. The summed E-state index contributed by atoms with van der Waals surface area (Å²) in [4.78, 5) is 4.52. The Hall–Kier alpha value is -2.18. The van der Waals surface area contributed by atoms with Crippen molar-refractivity contribution in [2.24, 2.45) is 13.0 Å². The van der Waals surface area contributed by atoms with Gasteiger partial charge in [-0.15, -0.1) is 0 Å². The minimum atomic E-state index is 0.149. The summed E-state index contributed by atoms with van der Waals surface area (Å²) in [7, 11) is 1.94. The summed E-state index contributed by atoms with van der Waals surface area (Å²) in [5.74, 6) is 0.482. The number of nitrogens with zero attached hydrogens (tertiary/aromatic N) is 4. The van der Waals surface area contributed by atoms with Gasteiger partial charge in [0.2, 0.25) is 0 Å². The van der Waals surface area contributed by atoms with Crippen molar-refractivity contribution in [2.75, 3.05) is 13.2 Å². The second kappa shape index (κ2) is 6.37. The van der Waals surface area contributed by atoms with Crippen molar-refractivity contribution in [3.63, 3.8) is 0 Å². The minimum absolute atomic E-state index is 0.149. The zero-order valence-corrected chi connectivity index (χ0v) is 14.1. The van der Waals surface area contributed by atoms with E-state index in [1.165, 1.54) is 16.8 Å². The first-order valence-corrected chi connectivity index (χ1v) is 8.45. The largest absolute Gasteiger partial charge is 0.373 e. The molecule has 1 saturated heterocycles. The Kier molecular flexibility index (Phi) is 4.08. The second-order valence-corrected chi connectivity index (χ2v) is 6.55. The highest BCUT2D eigenvalue weighted by Gasteiger charge is 2.30. The zero-order valence-electron chi connectivity index (χ0n) is 14.1. The van der Waals surface area contributed by atoms with Gasteiger partial charge in [0.25, 0.3) is 0 Å². The maximum Gasteiger partial charge on any atom is 0.139 e. The van der Waals surface area contributed by atoms with E-state index in [1.807, 2.05) is 24.1 Å². The van der Waals surface area contributed by atoms with Crippen molar-refractivity contribution >= 4 is 5.65 Å². The van der Waals surface area contributed by atoms with Crippen LogP contribution in [0.5, 0.6) is 0 Å². The lowest BCUT2D eigenvalue weighted by molar-refractivity contribution is 0.0903. The third kappa shape index (κ3) is 2.83. The van der Waals surface area contributed by atoms with Gasteiger partial charge >= 0.3 is 0 Å². The fraction of sp³-hybridized carbons (Fsp3) is 0.444. The molecule has 126 valence electrons. The monoisotopic (exact) mass is 325 g/mol. The van der Waals surface area contributed by atoms with E-state index in [1.54, 1.807) is 0 Å². The Balaban J connectivity index is 1.40. The molecule has 1 aliphatic rings. The number of nitrogens with one attached hydrogen (secondary N) is 1. The van der Waals surface area contributed by atoms with E-state index in [-0.39, 0.29) is 6.10 Å². The lowest BCUT2D eigenvalue weighted by Gasteiger charge is -2.17. The van der Waals surface area contributed by atoms with E-state index in [0.29, 0.717) is 5.92 Å². The smallest absolute Gasteiger partial charge is 0.139 e. The molecule has 0 saturated carbocycles. The third-order valence-corrected chi connectivity index (χ3v) is 4.79. The molecule has 0 amide bonds. The molecule has 0 bridgehead atoms. The van der Waals surface area contributed by atoms with E-state index in [9.17, 15) is 0 Å². The molecule has 1 N–H and O–H groups in total. The maximum atomic E-state index is 5.93. The maximum absolute atomic E-state index is 5.93. The lowest BCUT2D eigenvalue weighted by Crippen LogP contribution is -2.25. The Morgan fingerprint density at radius 2 is 2.29 bits per heavy atom. The summed E-state index contributed by atoms with van der Waals surface area (Å²) in [5.41, 5.74) is 4.59. The average Bonchev–Trinajstić information content (AvgIpc) is 3.28. The summed E-state index contributed by atoms with van der Waals surface area (Å²) in [6, 6.07) is 4.16. The number of hydrogen-bond acceptors (Lipinski definition) is 4. The fourth-order valence-electron chi connectivity index (χ4n) is 3.52. The summed E-state index contributed by atoms with van der Waals surface area (Å²) in [6.07, 6.45) is 9.23. The molecule has 6 heteroatoms. The van der Waals surface area contributed by atoms with Crippen LogP contribution in [0, 0.1) is 12.8 Å². The molecule has 2 atom stereocenters. The first-order valence-electron chi connectivity index (χ1n) is 8.45. The molecule has 24 heavy (non-hydrogen) atoms. The van der Waals surface area contributed by atoms with Crippen LogP contribution in [0.2, 0.25) is 0 Å². The van der Waals surface area contributed by atoms with Gasteiger partial charge < -0.3 is 14.5 Å². The quantitative estimate of drug-likeness (QED) is 0.782. The number of imidazole rings is 1. The minimum Gasteiger partial charge on any atom is -0.373 e. The Bertz CT molecular complexity index is 837. The number of rotatable bonds is 5. The lowest BCUT2D eigenvalue weighted by atomic mass is 9.97. The molecule has 4 heterocycles. The van der Waals surface area contributed by atoms with Crippen molar-refractivity contribution in [2.45, 2.75) is 26.0 Å². The molecule has 1 fully saturated rings. The van der Waals surface area contributed by atoms with E-state index in [2.05, 4.69) is 51.3 Å². The molecule has 2 unspecified atom stereocenters. The first-order chi connectivity index (χ1) is 11.7. The van der Waals surface area contributed by atoms with Crippen LogP contribution < -0.4 is 5.32 Å². The van der Waals surface area contributed by atoms with Gasteiger partial charge in [0.15, 0.2) is 0 Å². The van der Waals surface area contributed by atoms with Gasteiger partial charge in [0.1, 0.15) is 5.65 Å². The van der Waals surface area contributed by atoms with Gasteiger partial charge in [-0.2, -0.15) is 5.10 Å². The van der Waals surface area contributed by atoms with Crippen LogP contribution in [-0.4, -0.2) is 32.3 Å². The van der Waals surface area contributed by atoms with Crippen molar-refractivity contribution in [1.82, 2.24) is 24.5 Å². The highest BCUT2D eigenvalue weighted by atomic mass is 16.5. The SMILES string of the molecule is Cc1cccn2c(CNCC3CCOC3c3cnn(C)c3)cnc12. The number of aryl methyl sites for hydroxylation is 2. The van der Waals surface area contributed by atoms with Crippen LogP contribution in [0.15, 0.2) is 36.9 Å². The Morgan fingerprint density at radius 3 is 3.12 bits per heavy atom. The summed E-state index contributed by atoms with van der Waals surface area (Å²) in [6.45, 7) is 4.65. The first kappa shape index (κ1) is 15.4. The molecule has 4 rings (SSSR count). The van der Waals surface area contributed by atoms with E-state index in [4.69, 9.17) is 4.74 Å². The normalized spacial score (nSPS) is 20.9. The molecular weight excluding hydrogens is 302 g/mol. The highest BCUT2D eigenvalue weighted by Crippen LogP contribution is 2.33. The fourth-order valence-corrected chi connectivity index (χ4v) is 3.52. The van der Waals surface area contributed by atoms with Gasteiger partial charge in [-0.25, -0.2) is 4.98 Å². The van der Waals surface area contributed by atoms with Crippen LogP contribution in [0.3, 0.4) is 0 Å². The highest BCUT2D eigenvalue weighted by molar-refractivity contribution is 5.48. The van der Waals surface area contributed by atoms with Gasteiger partial charge in [-0.05, 0) is 25.0 Å². The van der Waals surface area contributed by atoms with Gasteiger partial charge in [0.05, 0.1) is 24.2 Å². The van der Waals surface area contributed by atoms with Crippen LogP contribution >= 0.6 is 0 Å². The van der Waals surface area contributed by atoms with Gasteiger partial charge in [-0.1, -0.05) is 6.07 Å². The van der Waals surface area contributed by atoms with Gasteiger partial charge in [-0.3, -0.25) is 4.68 Å². The predicted molar refractivity (Wildman–Crippen MR) is 91.6 cm³/mol. The predicted octanol–water partition coefficient (Wildman–Crippen LogP) is 2.24. The second-order valence-electron chi connectivity index (χ2n) is 6.55. The topological polar surface area (TPSA) is 56.4 Å². The number of ether oxygens (including phenoxy) is 1. The number of hydrogen-bond donors (Lipinski definition) is 1. The van der Waals surface area contributed by atoms with Crippen LogP contribution in [0.1, 0.15) is 29.3 Å². The molecule has 0 aromatic carbocycles. The molecule has 3 aromatic rings.